The number of morpholine rings is 1. The highest BCUT2D eigenvalue weighted by Gasteiger charge is 2.23. The van der Waals surface area contributed by atoms with Crippen LogP contribution in [0.25, 0.3) is 11.0 Å². The number of benzene rings is 2. The Hall–Kier alpha value is -2.32. The van der Waals surface area contributed by atoms with E-state index in [0.717, 1.165) is 35.7 Å². The zero-order valence-electron chi connectivity index (χ0n) is 16.7. The molecule has 3 aromatic rings. The zero-order chi connectivity index (χ0) is 21.3. The Balaban J connectivity index is 1.86. The van der Waals surface area contributed by atoms with Gasteiger partial charge < -0.3 is 14.2 Å². The molecule has 4 rings (SSSR count). The number of aryl methyl sites for hydroxylation is 1. The SMILES string of the molecule is COOC(=O)c1cc(N2CCOCC2)cc2c1nc(C)n2Cc1cccc(Cl)c1Cl. The molecule has 1 fully saturated rings. The van der Waals surface area contributed by atoms with Crippen LogP contribution in [0.5, 0.6) is 0 Å². The first-order valence-corrected chi connectivity index (χ1v) is 10.3. The summed E-state index contributed by atoms with van der Waals surface area (Å²) in [6, 6.07) is 9.35. The van der Waals surface area contributed by atoms with E-state index in [-0.39, 0.29) is 0 Å². The quantitative estimate of drug-likeness (QED) is 0.428. The Kier molecular flexibility index (Phi) is 6.15. The molecular formula is C21H21Cl2N3O4. The number of hydrogen-bond donors (Lipinski definition) is 0. The Bertz CT molecular complexity index is 1090. The molecule has 1 saturated heterocycles. The monoisotopic (exact) mass is 449 g/mol. The average molecular weight is 450 g/mol. The maximum Gasteiger partial charge on any atom is 0.375 e. The molecule has 0 unspecified atom stereocenters. The standard InChI is InChI=1S/C21H21Cl2N3O4/c1-13-24-20-16(21(27)30-28-2)10-15(25-6-8-29-9-7-25)11-18(20)26(13)12-14-4-3-5-17(22)19(14)23/h3-5,10-11H,6-9,12H2,1-2H3. The number of fused-ring (bicyclic) bond motifs is 1. The minimum Gasteiger partial charge on any atom is -0.378 e. The number of hydrogen-bond acceptors (Lipinski definition) is 6. The Labute approximate surface area is 184 Å². The number of anilines is 1. The van der Waals surface area contributed by atoms with Crippen molar-refractivity contribution in [2.75, 3.05) is 38.3 Å². The highest BCUT2D eigenvalue weighted by molar-refractivity contribution is 6.42. The number of ether oxygens (including phenoxy) is 1. The molecule has 0 N–H and O–H groups in total. The van der Waals surface area contributed by atoms with Crippen LogP contribution in [0, 0.1) is 6.92 Å². The van der Waals surface area contributed by atoms with Crippen molar-refractivity contribution < 1.29 is 19.3 Å². The van der Waals surface area contributed by atoms with E-state index in [1.54, 1.807) is 12.1 Å². The number of imidazole rings is 1. The van der Waals surface area contributed by atoms with Gasteiger partial charge in [0.05, 0.1) is 48.0 Å². The number of halogens is 2. The summed E-state index contributed by atoms with van der Waals surface area (Å²) in [4.78, 5) is 28.8. The molecule has 2 aromatic carbocycles. The van der Waals surface area contributed by atoms with E-state index < -0.39 is 5.97 Å². The molecule has 158 valence electrons. The third kappa shape index (κ3) is 3.98. The second-order valence-corrected chi connectivity index (χ2v) is 7.74. The molecule has 0 aliphatic carbocycles. The fraction of sp³-hybridized carbons (Fsp3) is 0.333. The van der Waals surface area contributed by atoms with E-state index in [2.05, 4.69) is 14.8 Å². The number of carbonyl (C=O) groups excluding carboxylic acids is 1. The second-order valence-electron chi connectivity index (χ2n) is 6.96. The number of carbonyl (C=O) groups is 1. The summed E-state index contributed by atoms with van der Waals surface area (Å²) in [5.74, 6) is 0.148. The maximum absolute atomic E-state index is 12.6. The minimum atomic E-state index is -0.594. The van der Waals surface area contributed by atoms with Crippen molar-refractivity contribution in [2.45, 2.75) is 13.5 Å². The average Bonchev–Trinajstić information content (AvgIpc) is 3.06. The van der Waals surface area contributed by atoms with Gasteiger partial charge in [-0.1, -0.05) is 35.3 Å². The third-order valence-electron chi connectivity index (χ3n) is 5.14. The molecule has 0 amide bonds. The molecule has 0 bridgehead atoms. The summed E-state index contributed by atoms with van der Waals surface area (Å²) in [5, 5.41) is 0.998. The third-order valence-corrected chi connectivity index (χ3v) is 6.00. The van der Waals surface area contributed by atoms with E-state index in [4.69, 9.17) is 32.8 Å². The molecule has 0 atom stereocenters. The van der Waals surface area contributed by atoms with E-state index >= 15 is 0 Å². The van der Waals surface area contributed by atoms with Crippen molar-refractivity contribution in [1.29, 1.82) is 0 Å². The van der Waals surface area contributed by atoms with Crippen molar-refractivity contribution in [3.05, 3.63) is 57.3 Å². The molecule has 1 aliphatic heterocycles. The smallest absolute Gasteiger partial charge is 0.375 e. The van der Waals surface area contributed by atoms with Crippen LogP contribution < -0.4 is 4.90 Å². The van der Waals surface area contributed by atoms with Gasteiger partial charge in [-0.25, -0.2) is 9.78 Å². The largest absolute Gasteiger partial charge is 0.378 e. The highest BCUT2D eigenvalue weighted by Crippen LogP contribution is 2.31. The van der Waals surface area contributed by atoms with Crippen molar-refractivity contribution in [1.82, 2.24) is 9.55 Å². The van der Waals surface area contributed by atoms with Crippen LogP contribution in [0.15, 0.2) is 30.3 Å². The molecule has 9 heteroatoms. The molecule has 1 aliphatic rings. The Morgan fingerprint density at radius 1 is 1.23 bits per heavy atom. The van der Waals surface area contributed by atoms with E-state index in [0.29, 0.717) is 40.9 Å². The van der Waals surface area contributed by atoms with Crippen LogP contribution in [-0.2, 0) is 21.1 Å². The number of nitrogens with zero attached hydrogens (tertiary/aromatic N) is 3. The molecule has 30 heavy (non-hydrogen) atoms. The van der Waals surface area contributed by atoms with Crippen LogP contribution in [0.1, 0.15) is 21.7 Å². The predicted molar refractivity (Wildman–Crippen MR) is 115 cm³/mol. The van der Waals surface area contributed by atoms with Gasteiger partial charge >= 0.3 is 5.97 Å². The molecular weight excluding hydrogens is 429 g/mol. The Morgan fingerprint density at radius 3 is 2.73 bits per heavy atom. The first-order valence-electron chi connectivity index (χ1n) is 9.51. The number of aromatic nitrogens is 2. The summed E-state index contributed by atoms with van der Waals surface area (Å²) in [7, 11) is 1.30. The van der Waals surface area contributed by atoms with Gasteiger partial charge in [-0.2, -0.15) is 4.89 Å². The first-order chi connectivity index (χ1) is 14.5. The minimum absolute atomic E-state index is 0.342. The topological polar surface area (TPSA) is 65.8 Å². The van der Waals surface area contributed by atoms with Crippen LogP contribution in [0.2, 0.25) is 10.0 Å². The molecule has 1 aromatic heterocycles. The van der Waals surface area contributed by atoms with Gasteiger partial charge in [0.25, 0.3) is 0 Å². The predicted octanol–water partition coefficient (Wildman–Crippen LogP) is 4.25. The summed E-state index contributed by atoms with van der Waals surface area (Å²) in [5.41, 5.74) is 3.45. The van der Waals surface area contributed by atoms with Gasteiger partial charge in [-0.05, 0) is 30.7 Å². The van der Waals surface area contributed by atoms with Gasteiger partial charge in [0, 0.05) is 18.8 Å². The van der Waals surface area contributed by atoms with E-state index in [1.807, 2.05) is 29.7 Å². The maximum atomic E-state index is 12.6. The molecule has 2 heterocycles. The lowest BCUT2D eigenvalue weighted by Gasteiger charge is -2.29. The van der Waals surface area contributed by atoms with Gasteiger partial charge in [-0.3, -0.25) is 4.89 Å². The lowest BCUT2D eigenvalue weighted by atomic mass is 10.1. The fourth-order valence-corrected chi connectivity index (χ4v) is 4.02. The van der Waals surface area contributed by atoms with Gasteiger partial charge in [0.15, 0.2) is 0 Å². The molecule has 0 spiro atoms. The van der Waals surface area contributed by atoms with E-state index in [9.17, 15) is 4.79 Å². The molecule has 7 nitrogen and oxygen atoms in total. The van der Waals surface area contributed by atoms with Crippen molar-refractivity contribution in [2.24, 2.45) is 0 Å². The lowest BCUT2D eigenvalue weighted by Crippen LogP contribution is -2.36. The van der Waals surface area contributed by atoms with Crippen LogP contribution >= 0.6 is 23.2 Å². The van der Waals surface area contributed by atoms with Crippen molar-refractivity contribution >= 4 is 45.9 Å². The van der Waals surface area contributed by atoms with Gasteiger partial charge in [0.2, 0.25) is 0 Å². The van der Waals surface area contributed by atoms with Crippen LogP contribution in [0.4, 0.5) is 5.69 Å². The van der Waals surface area contributed by atoms with Crippen LogP contribution in [0.3, 0.4) is 0 Å². The summed E-state index contributed by atoms with van der Waals surface area (Å²) in [6.45, 7) is 5.08. The molecule has 0 radical (unpaired) electrons. The Morgan fingerprint density at radius 2 is 2.00 bits per heavy atom. The highest BCUT2D eigenvalue weighted by atomic mass is 35.5. The van der Waals surface area contributed by atoms with Crippen LogP contribution in [-0.4, -0.2) is 48.9 Å². The summed E-state index contributed by atoms with van der Waals surface area (Å²) in [6.07, 6.45) is 0. The van der Waals surface area contributed by atoms with Gasteiger partial charge in [0.1, 0.15) is 11.3 Å². The van der Waals surface area contributed by atoms with Crippen molar-refractivity contribution in [3.8, 4) is 0 Å². The number of rotatable bonds is 5. The van der Waals surface area contributed by atoms with E-state index in [1.165, 1.54) is 7.11 Å². The summed E-state index contributed by atoms with van der Waals surface area (Å²) >= 11 is 12.6. The fourth-order valence-electron chi connectivity index (χ4n) is 3.64. The lowest BCUT2D eigenvalue weighted by molar-refractivity contribution is -0.216. The second kappa shape index (κ2) is 8.81. The summed E-state index contributed by atoms with van der Waals surface area (Å²) < 4.78 is 7.47. The molecule has 0 saturated carbocycles. The normalized spacial score (nSPS) is 14.3. The first kappa shape index (κ1) is 20.9. The van der Waals surface area contributed by atoms with Crippen molar-refractivity contribution in [3.63, 3.8) is 0 Å². The zero-order valence-corrected chi connectivity index (χ0v) is 18.2. The van der Waals surface area contributed by atoms with Gasteiger partial charge in [-0.15, -0.1) is 0 Å².